The second-order valence-corrected chi connectivity index (χ2v) is 8.65. The van der Waals surface area contributed by atoms with Gasteiger partial charge in [0.2, 0.25) is 0 Å². The van der Waals surface area contributed by atoms with Crippen molar-refractivity contribution in [1.82, 2.24) is 0 Å². The molecule has 0 radical (unpaired) electrons. The van der Waals surface area contributed by atoms with Crippen LogP contribution in [0.1, 0.15) is 52.9 Å². The van der Waals surface area contributed by atoms with Crippen LogP contribution in [-0.4, -0.2) is 34.9 Å². The van der Waals surface area contributed by atoms with E-state index in [2.05, 4.69) is 27.4 Å². The average Bonchev–Trinajstić information content (AvgIpc) is 2.38. The summed E-state index contributed by atoms with van der Waals surface area (Å²) in [6.45, 7) is 9.38. The van der Waals surface area contributed by atoms with Gasteiger partial charge >= 0.3 is 11.9 Å². The maximum Gasteiger partial charge on any atom is 0.344 e. The zero-order chi connectivity index (χ0) is 17.1. The molecule has 5 heteroatoms. The van der Waals surface area contributed by atoms with Gasteiger partial charge in [-0.1, -0.05) is 27.4 Å². The quantitative estimate of drug-likeness (QED) is 0.635. The first-order valence-electron chi connectivity index (χ1n) is 8.27. The lowest BCUT2D eigenvalue weighted by Gasteiger charge is -2.70. The van der Waals surface area contributed by atoms with E-state index in [1.54, 1.807) is 0 Å². The van der Waals surface area contributed by atoms with Crippen molar-refractivity contribution in [2.24, 2.45) is 16.7 Å². The monoisotopic (exact) mass is 322 g/mol. The van der Waals surface area contributed by atoms with Crippen molar-refractivity contribution >= 4 is 11.9 Å². The molecule has 0 spiro atoms. The SMILES string of the molecule is C=CC(=O)OCC(=O)OC12CC3(C)CC(O)(CC(C)(C3)C1C)C2. The second kappa shape index (κ2) is 4.82. The van der Waals surface area contributed by atoms with Crippen molar-refractivity contribution < 1.29 is 24.2 Å². The minimum absolute atomic E-state index is 0.00934. The highest BCUT2D eigenvalue weighted by atomic mass is 16.6. The summed E-state index contributed by atoms with van der Waals surface area (Å²) in [6.07, 6.45) is 4.85. The summed E-state index contributed by atoms with van der Waals surface area (Å²) in [5, 5.41) is 11.0. The Bertz CT molecular complexity index is 548. The van der Waals surface area contributed by atoms with Crippen LogP contribution in [-0.2, 0) is 19.1 Å². The Morgan fingerprint density at radius 2 is 1.91 bits per heavy atom. The Labute approximate surface area is 137 Å². The van der Waals surface area contributed by atoms with E-state index < -0.39 is 29.7 Å². The van der Waals surface area contributed by atoms with Crippen LogP contribution in [0.3, 0.4) is 0 Å². The number of rotatable bonds is 4. The molecular weight excluding hydrogens is 296 g/mol. The minimum atomic E-state index is -0.759. The van der Waals surface area contributed by atoms with E-state index in [1.807, 2.05) is 0 Å². The molecule has 4 aliphatic carbocycles. The predicted octanol–water partition coefficient (Wildman–Crippen LogP) is 2.37. The highest BCUT2D eigenvalue weighted by Gasteiger charge is 2.70. The third kappa shape index (κ3) is 2.59. The molecule has 0 aromatic rings. The van der Waals surface area contributed by atoms with E-state index in [9.17, 15) is 14.7 Å². The Balaban J connectivity index is 1.81. The summed E-state index contributed by atoms with van der Waals surface area (Å²) in [7, 11) is 0. The molecule has 0 heterocycles. The molecule has 0 aromatic heterocycles. The number of esters is 2. The number of carbonyl (C=O) groups excluding carboxylic acids is 2. The highest BCUT2D eigenvalue weighted by Crippen LogP contribution is 2.70. The lowest BCUT2D eigenvalue weighted by molar-refractivity contribution is -0.287. The first kappa shape index (κ1) is 16.5. The molecule has 4 rings (SSSR count). The Morgan fingerprint density at radius 1 is 1.22 bits per heavy atom. The van der Waals surface area contributed by atoms with Crippen LogP contribution in [0.25, 0.3) is 0 Å². The van der Waals surface area contributed by atoms with Crippen LogP contribution in [0.5, 0.6) is 0 Å². The molecule has 4 aliphatic rings. The van der Waals surface area contributed by atoms with Gasteiger partial charge in [-0.3, -0.25) is 0 Å². The maximum atomic E-state index is 12.2. The summed E-state index contributed by atoms with van der Waals surface area (Å²) in [6, 6.07) is 0. The Morgan fingerprint density at radius 3 is 2.52 bits per heavy atom. The van der Waals surface area contributed by atoms with E-state index >= 15 is 0 Å². The normalized spacial score (nSPS) is 47.2. The van der Waals surface area contributed by atoms with Crippen LogP contribution in [0.4, 0.5) is 0 Å². The minimum Gasteiger partial charge on any atom is -0.456 e. The van der Waals surface area contributed by atoms with Crippen molar-refractivity contribution in [2.45, 2.75) is 64.1 Å². The van der Waals surface area contributed by atoms with Gasteiger partial charge < -0.3 is 14.6 Å². The summed E-state index contributed by atoms with van der Waals surface area (Å²) in [4.78, 5) is 23.3. The molecule has 4 saturated carbocycles. The largest absolute Gasteiger partial charge is 0.456 e. The zero-order valence-electron chi connectivity index (χ0n) is 14.2. The molecule has 0 amide bonds. The Hall–Kier alpha value is -1.36. The van der Waals surface area contributed by atoms with Gasteiger partial charge in [-0.2, -0.15) is 0 Å². The maximum absolute atomic E-state index is 12.2. The molecule has 0 aliphatic heterocycles. The number of ether oxygens (including phenoxy) is 2. The summed E-state index contributed by atoms with van der Waals surface area (Å²) < 4.78 is 10.6. The lowest BCUT2D eigenvalue weighted by atomic mass is 9.39. The second-order valence-electron chi connectivity index (χ2n) is 8.65. The predicted molar refractivity (Wildman–Crippen MR) is 83.4 cm³/mol. The van der Waals surface area contributed by atoms with Crippen molar-refractivity contribution in [2.75, 3.05) is 6.61 Å². The van der Waals surface area contributed by atoms with E-state index in [4.69, 9.17) is 9.47 Å². The van der Waals surface area contributed by atoms with Crippen LogP contribution >= 0.6 is 0 Å². The van der Waals surface area contributed by atoms with Crippen LogP contribution in [0.15, 0.2) is 12.7 Å². The van der Waals surface area contributed by atoms with Gasteiger partial charge in [0.15, 0.2) is 6.61 Å². The third-order valence-corrected chi connectivity index (χ3v) is 6.32. The smallest absolute Gasteiger partial charge is 0.344 e. The summed E-state index contributed by atoms with van der Waals surface area (Å²) in [5.74, 6) is -1.02. The zero-order valence-corrected chi connectivity index (χ0v) is 14.2. The van der Waals surface area contributed by atoms with Gasteiger partial charge in [-0.15, -0.1) is 0 Å². The fourth-order valence-corrected chi connectivity index (χ4v) is 6.15. The molecule has 0 saturated heterocycles. The van der Waals surface area contributed by atoms with Crippen molar-refractivity contribution in [1.29, 1.82) is 0 Å². The first-order chi connectivity index (χ1) is 10.5. The summed E-state index contributed by atoms with van der Waals surface area (Å²) >= 11 is 0. The number of hydrogen-bond donors (Lipinski definition) is 1. The Kier molecular flexibility index (Phi) is 3.46. The molecule has 128 valence electrons. The lowest BCUT2D eigenvalue weighted by Crippen LogP contribution is -2.70. The van der Waals surface area contributed by atoms with Gasteiger partial charge in [-0.05, 0) is 36.5 Å². The van der Waals surface area contributed by atoms with Gasteiger partial charge in [0.05, 0.1) is 5.60 Å². The van der Waals surface area contributed by atoms with Gasteiger partial charge in [0, 0.05) is 18.4 Å². The van der Waals surface area contributed by atoms with Crippen molar-refractivity contribution in [3.63, 3.8) is 0 Å². The van der Waals surface area contributed by atoms with Crippen LogP contribution < -0.4 is 0 Å². The third-order valence-electron chi connectivity index (χ3n) is 6.32. The van der Waals surface area contributed by atoms with E-state index in [-0.39, 0.29) is 16.7 Å². The van der Waals surface area contributed by atoms with Crippen molar-refractivity contribution in [3.05, 3.63) is 12.7 Å². The van der Waals surface area contributed by atoms with Gasteiger partial charge in [0.1, 0.15) is 5.60 Å². The number of carbonyl (C=O) groups is 2. The molecular formula is C18H26O5. The first-order valence-corrected chi connectivity index (χ1v) is 8.27. The van der Waals surface area contributed by atoms with E-state index in [0.29, 0.717) is 6.42 Å². The average molecular weight is 322 g/mol. The summed E-state index contributed by atoms with van der Waals surface area (Å²) in [5.41, 5.74) is -1.46. The molecule has 23 heavy (non-hydrogen) atoms. The molecule has 4 fully saturated rings. The fourth-order valence-electron chi connectivity index (χ4n) is 6.15. The van der Waals surface area contributed by atoms with Gasteiger partial charge in [-0.25, -0.2) is 9.59 Å². The molecule has 5 atom stereocenters. The highest BCUT2D eigenvalue weighted by molar-refractivity contribution is 5.83. The molecule has 4 bridgehead atoms. The topological polar surface area (TPSA) is 72.8 Å². The molecule has 1 N–H and O–H groups in total. The van der Waals surface area contributed by atoms with Gasteiger partial charge in [0.25, 0.3) is 0 Å². The number of hydrogen-bond acceptors (Lipinski definition) is 5. The van der Waals surface area contributed by atoms with Crippen LogP contribution in [0, 0.1) is 16.7 Å². The van der Waals surface area contributed by atoms with E-state index in [0.717, 1.165) is 31.8 Å². The van der Waals surface area contributed by atoms with Crippen molar-refractivity contribution in [3.8, 4) is 0 Å². The van der Waals surface area contributed by atoms with Crippen LogP contribution in [0.2, 0.25) is 0 Å². The van der Waals surface area contributed by atoms with E-state index in [1.165, 1.54) is 0 Å². The number of aliphatic hydroxyl groups is 1. The standard InChI is InChI=1S/C18H26O5/c1-5-13(19)22-6-14(20)23-18-9-15(3)7-16(4,12(18)2)10-17(21,8-15)11-18/h5,12,21H,1,6-11H2,2-4H3. The fraction of sp³-hybridized carbons (Fsp3) is 0.778. The molecule has 0 aromatic carbocycles. The molecule has 5 unspecified atom stereocenters. The molecule has 5 nitrogen and oxygen atoms in total.